The Morgan fingerprint density at radius 1 is 0.808 bits per heavy atom. The number of amides is 1. The standard InChI is InChI=1S/C23H18N2O/c1-16-14-20(12-13-24-16)18-8-10-22(11-9-18)25-23(26)21-7-6-17-4-2-3-5-19(17)15-21/h2-15H,1H3,(H,25,26). The van der Waals surface area contributed by atoms with E-state index in [2.05, 4.69) is 10.3 Å². The number of nitrogens with one attached hydrogen (secondary N) is 1. The van der Waals surface area contributed by atoms with Crippen molar-refractivity contribution in [2.45, 2.75) is 6.92 Å². The lowest BCUT2D eigenvalue weighted by Crippen LogP contribution is -2.11. The van der Waals surface area contributed by atoms with Gasteiger partial charge in [0.15, 0.2) is 0 Å². The molecule has 1 amide bonds. The molecule has 3 aromatic carbocycles. The third-order valence-corrected chi connectivity index (χ3v) is 4.38. The van der Waals surface area contributed by atoms with E-state index in [1.165, 1.54) is 0 Å². The van der Waals surface area contributed by atoms with Gasteiger partial charge in [-0.05, 0) is 65.2 Å². The molecule has 4 rings (SSSR count). The van der Waals surface area contributed by atoms with Crippen molar-refractivity contribution in [3.63, 3.8) is 0 Å². The molecule has 0 saturated carbocycles. The molecule has 0 spiro atoms. The van der Waals surface area contributed by atoms with Crippen molar-refractivity contribution in [2.75, 3.05) is 5.32 Å². The second kappa shape index (κ2) is 6.81. The van der Waals surface area contributed by atoms with Gasteiger partial charge in [-0.25, -0.2) is 0 Å². The highest BCUT2D eigenvalue weighted by Crippen LogP contribution is 2.22. The fraction of sp³-hybridized carbons (Fsp3) is 0.0435. The molecule has 0 aliphatic rings. The third kappa shape index (κ3) is 3.33. The van der Waals surface area contributed by atoms with Crippen LogP contribution >= 0.6 is 0 Å². The minimum absolute atomic E-state index is 0.108. The Kier molecular flexibility index (Phi) is 4.20. The number of aryl methyl sites for hydroxylation is 1. The van der Waals surface area contributed by atoms with E-state index in [4.69, 9.17) is 0 Å². The number of anilines is 1. The van der Waals surface area contributed by atoms with Gasteiger partial charge in [0.05, 0.1) is 0 Å². The Morgan fingerprint density at radius 3 is 2.35 bits per heavy atom. The molecule has 0 bridgehead atoms. The molecule has 1 N–H and O–H groups in total. The van der Waals surface area contributed by atoms with Crippen molar-refractivity contribution >= 4 is 22.4 Å². The molecule has 0 radical (unpaired) electrons. The van der Waals surface area contributed by atoms with Crippen molar-refractivity contribution in [1.29, 1.82) is 0 Å². The lowest BCUT2D eigenvalue weighted by Gasteiger charge is -2.08. The van der Waals surface area contributed by atoms with Gasteiger partial charge in [-0.15, -0.1) is 0 Å². The lowest BCUT2D eigenvalue weighted by atomic mass is 10.1. The topological polar surface area (TPSA) is 42.0 Å². The second-order valence-electron chi connectivity index (χ2n) is 6.28. The van der Waals surface area contributed by atoms with Gasteiger partial charge in [0.2, 0.25) is 0 Å². The SMILES string of the molecule is Cc1cc(-c2ccc(NC(=O)c3ccc4ccccc4c3)cc2)ccn1. The molecular formula is C23H18N2O. The molecule has 0 atom stereocenters. The van der Waals surface area contributed by atoms with E-state index in [1.807, 2.05) is 85.8 Å². The van der Waals surface area contributed by atoms with E-state index >= 15 is 0 Å². The van der Waals surface area contributed by atoms with Crippen LogP contribution in [0.1, 0.15) is 16.1 Å². The van der Waals surface area contributed by atoms with Crippen LogP contribution in [0.15, 0.2) is 85.1 Å². The number of carbonyl (C=O) groups excluding carboxylic acids is 1. The second-order valence-corrected chi connectivity index (χ2v) is 6.28. The number of aromatic nitrogens is 1. The van der Waals surface area contributed by atoms with Gasteiger partial charge in [-0.3, -0.25) is 9.78 Å². The molecule has 3 nitrogen and oxygen atoms in total. The predicted octanol–water partition coefficient (Wildman–Crippen LogP) is 5.46. The van der Waals surface area contributed by atoms with E-state index in [1.54, 1.807) is 6.20 Å². The number of hydrogen-bond donors (Lipinski definition) is 1. The van der Waals surface area contributed by atoms with Gasteiger partial charge in [0.25, 0.3) is 5.91 Å². The van der Waals surface area contributed by atoms with Crippen LogP contribution in [0.25, 0.3) is 21.9 Å². The first kappa shape index (κ1) is 16.0. The quantitative estimate of drug-likeness (QED) is 0.539. The Hall–Kier alpha value is -3.46. The summed E-state index contributed by atoms with van der Waals surface area (Å²) in [7, 11) is 0. The van der Waals surface area contributed by atoms with Crippen molar-refractivity contribution in [1.82, 2.24) is 4.98 Å². The van der Waals surface area contributed by atoms with E-state index in [-0.39, 0.29) is 5.91 Å². The number of carbonyl (C=O) groups is 1. The Balaban J connectivity index is 1.53. The first-order chi connectivity index (χ1) is 12.7. The van der Waals surface area contributed by atoms with E-state index in [0.29, 0.717) is 5.56 Å². The summed E-state index contributed by atoms with van der Waals surface area (Å²) in [5, 5.41) is 5.15. The largest absolute Gasteiger partial charge is 0.322 e. The molecule has 1 aromatic heterocycles. The van der Waals surface area contributed by atoms with E-state index in [0.717, 1.165) is 33.3 Å². The van der Waals surface area contributed by atoms with Gasteiger partial charge in [0, 0.05) is 23.1 Å². The summed E-state index contributed by atoms with van der Waals surface area (Å²) in [6.07, 6.45) is 1.81. The van der Waals surface area contributed by atoms with Crippen molar-refractivity contribution in [3.8, 4) is 11.1 Å². The van der Waals surface area contributed by atoms with Gasteiger partial charge in [-0.1, -0.05) is 42.5 Å². The lowest BCUT2D eigenvalue weighted by molar-refractivity contribution is 0.102. The van der Waals surface area contributed by atoms with Crippen LogP contribution in [-0.2, 0) is 0 Å². The zero-order chi connectivity index (χ0) is 17.9. The Labute approximate surface area is 152 Å². The predicted molar refractivity (Wildman–Crippen MR) is 106 cm³/mol. The summed E-state index contributed by atoms with van der Waals surface area (Å²) in [6, 6.07) is 25.6. The number of fused-ring (bicyclic) bond motifs is 1. The fourth-order valence-electron chi connectivity index (χ4n) is 3.00. The molecular weight excluding hydrogens is 320 g/mol. The zero-order valence-electron chi connectivity index (χ0n) is 14.4. The van der Waals surface area contributed by atoms with Gasteiger partial charge >= 0.3 is 0 Å². The number of hydrogen-bond acceptors (Lipinski definition) is 2. The average molecular weight is 338 g/mol. The highest BCUT2D eigenvalue weighted by atomic mass is 16.1. The molecule has 26 heavy (non-hydrogen) atoms. The fourth-order valence-corrected chi connectivity index (χ4v) is 3.00. The van der Waals surface area contributed by atoms with Crippen LogP contribution in [0.2, 0.25) is 0 Å². The number of nitrogens with zero attached hydrogens (tertiary/aromatic N) is 1. The summed E-state index contributed by atoms with van der Waals surface area (Å²) < 4.78 is 0. The summed E-state index contributed by atoms with van der Waals surface area (Å²) >= 11 is 0. The van der Waals surface area contributed by atoms with Crippen molar-refractivity contribution in [2.24, 2.45) is 0 Å². The summed E-state index contributed by atoms with van der Waals surface area (Å²) in [5.41, 5.74) is 4.62. The summed E-state index contributed by atoms with van der Waals surface area (Å²) in [6.45, 7) is 1.97. The highest BCUT2D eigenvalue weighted by molar-refractivity contribution is 6.06. The average Bonchev–Trinajstić information content (AvgIpc) is 2.68. The first-order valence-electron chi connectivity index (χ1n) is 8.52. The van der Waals surface area contributed by atoms with E-state index < -0.39 is 0 Å². The summed E-state index contributed by atoms with van der Waals surface area (Å²) in [4.78, 5) is 16.8. The van der Waals surface area contributed by atoms with Gasteiger partial charge in [0.1, 0.15) is 0 Å². The molecule has 0 saturated heterocycles. The van der Waals surface area contributed by atoms with Crippen LogP contribution < -0.4 is 5.32 Å². The smallest absolute Gasteiger partial charge is 0.255 e. The van der Waals surface area contributed by atoms with Gasteiger partial charge < -0.3 is 5.32 Å². The number of rotatable bonds is 3. The highest BCUT2D eigenvalue weighted by Gasteiger charge is 2.07. The van der Waals surface area contributed by atoms with Crippen LogP contribution in [0.5, 0.6) is 0 Å². The molecule has 0 aliphatic carbocycles. The number of benzene rings is 3. The summed E-state index contributed by atoms with van der Waals surface area (Å²) in [5.74, 6) is -0.108. The molecule has 3 heteroatoms. The molecule has 4 aromatic rings. The van der Waals surface area contributed by atoms with Crippen molar-refractivity contribution < 1.29 is 4.79 Å². The normalized spacial score (nSPS) is 10.7. The van der Waals surface area contributed by atoms with Gasteiger partial charge in [-0.2, -0.15) is 0 Å². The maximum absolute atomic E-state index is 12.5. The maximum atomic E-state index is 12.5. The van der Waals surface area contributed by atoms with Crippen molar-refractivity contribution in [3.05, 3.63) is 96.3 Å². The van der Waals surface area contributed by atoms with Crippen LogP contribution in [0.3, 0.4) is 0 Å². The van der Waals surface area contributed by atoms with E-state index in [9.17, 15) is 4.79 Å². The monoisotopic (exact) mass is 338 g/mol. The minimum Gasteiger partial charge on any atom is -0.322 e. The first-order valence-corrected chi connectivity index (χ1v) is 8.52. The molecule has 0 unspecified atom stereocenters. The molecule has 126 valence electrons. The molecule has 1 heterocycles. The van der Waals surface area contributed by atoms with Crippen LogP contribution in [0.4, 0.5) is 5.69 Å². The Morgan fingerprint density at radius 2 is 1.58 bits per heavy atom. The minimum atomic E-state index is -0.108. The number of pyridine rings is 1. The van der Waals surface area contributed by atoms with Crippen LogP contribution in [0, 0.1) is 6.92 Å². The third-order valence-electron chi connectivity index (χ3n) is 4.38. The van der Waals surface area contributed by atoms with Crippen LogP contribution in [-0.4, -0.2) is 10.9 Å². The maximum Gasteiger partial charge on any atom is 0.255 e. The molecule has 0 aliphatic heterocycles. The zero-order valence-corrected chi connectivity index (χ0v) is 14.4. The molecule has 0 fully saturated rings. The Bertz CT molecular complexity index is 1080.